The van der Waals surface area contributed by atoms with Crippen molar-refractivity contribution in [3.05, 3.63) is 76.0 Å². The lowest BCUT2D eigenvalue weighted by atomic mass is 9.96. The second kappa shape index (κ2) is 7.86. The van der Waals surface area contributed by atoms with E-state index in [4.69, 9.17) is 16.3 Å². The first kappa shape index (κ1) is 19.6. The molecule has 0 aromatic heterocycles. The van der Waals surface area contributed by atoms with Crippen molar-refractivity contribution in [2.45, 2.75) is 19.9 Å². The number of esters is 1. The number of Topliss-reactive ketones (excluding diaryl/α,β-unsaturated/α-hetero) is 1. The van der Waals surface area contributed by atoms with E-state index < -0.39 is 29.5 Å². The van der Waals surface area contributed by atoms with Gasteiger partial charge in [-0.2, -0.15) is 0 Å². The molecule has 2 aromatic carbocycles. The number of anilines is 1. The highest BCUT2D eigenvalue weighted by molar-refractivity contribution is 6.30. The van der Waals surface area contributed by atoms with Crippen LogP contribution in [-0.2, 0) is 14.3 Å². The summed E-state index contributed by atoms with van der Waals surface area (Å²) in [6.45, 7) is 3.27. The Bertz CT molecular complexity index is 963. The fraction of sp³-hybridized carbons (Fsp3) is 0.190. The Labute approximate surface area is 167 Å². The van der Waals surface area contributed by atoms with Crippen LogP contribution < -0.4 is 4.90 Å². The van der Waals surface area contributed by atoms with Crippen LogP contribution in [0.2, 0.25) is 5.02 Å². The number of halogens is 1. The number of hydrogen-bond donors (Lipinski definition) is 1. The lowest BCUT2D eigenvalue weighted by Crippen LogP contribution is -2.30. The fourth-order valence-electron chi connectivity index (χ4n) is 3.16. The van der Waals surface area contributed by atoms with Gasteiger partial charge in [-0.15, -0.1) is 0 Å². The predicted molar refractivity (Wildman–Crippen MR) is 104 cm³/mol. The van der Waals surface area contributed by atoms with Crippen molar-refractivity contribution >= 4 is 34.9 Å². The first-order valence-electron chi connectivity index (χ1n) is 8.65. The average Bonchev–Trinajstić information content (AvgIpc) is 2.94. The first-order chi connectivity index (χ1) is 13.3. The SMILES string of the molecule is CCOC(=O)c1ccc(N2C(=O)C(O)=C(C(C)=O)C2c2ccc(Cl)cc2)cc1. The van der Waals surface area contributed by atoms with E-state index in [1.165, 1.54) is 24.0 Å². The van der Waals surface area contributed by atoms with Gasteiger partial charge in [-0.05, 0) is 55.8 Å². The van der Waals surface area contributed by atoms with E-state index in [0.717, 1.165) is 0 Å². The van der Waals surface area contributed by atoms with Crippen molar-refractivity contribution in [1.29, 1.82) is 0 Å². The molecular formula is C21H18ClNO5. The molecule has 1 N–H and O–H groups in total. The molecule has 1 aliphatic heterocycles. The minimum atomic E-state index is -0.796. The standard InChI is InChI=1S/C21H18ClNO5/c1-3-28-21(27)14-6-10-16(11-7-14)23-18(13-4-8-15(22)9-5-13)17(12(2)24)19(25)20(23)26/h4-11,18,25H,3H2,1-2H3. The molecule has 28 heavy (non-hydrogen) atoms. The van der Waals surface area contributed by atoms with Crippen LogP contribution in [0.4, 0.5) is 5.69 Å². The molecule has 3 rings (SSSR count). The van der Waals surface area contributed by atoms with Crippen molar-refractivity contribution in [2.24, 2.45) is 0 Å². The van der Waals surface area contributed by atoms with Crippen LogP contribution in [0.25, 0.3) is 0 Å². The summed E-state index contributed by atoms with van der Waals surface area (Å²) in [6.07, 6.45) is 0. The molecule has 1 heterocycles. The molecule has 2 aromatic rings. The molecule has 0 radical (unpaired) electrons. The number of ether oxygens (including phenoxy) is 1. The summed E-state index contributed by atoms with van der Waals surface area (Å²) in [4.78, 5) is 38.1. The van der Waals surface area contributed by atoms with Crippen LogP contribution >= 0.6 is 11.6 Å². The Balaban J connectivity index is 2.05. The van der Waals surface area contributed by atoms with E-state index in [-0.39, 0.29) is 12.2 Å². The van der Waals surface area contributed by atoms with Crippen LogP contribution in [-0.4, -0.2) is 29.4 Å². The molecular weight excluding hydrogens is 382 g/mol. The summed E-state index contributed by atoms with van der Waals surface area (Å²) in [5.41, 5.74) is 1.41. The average molecular weight is 400 g/mol. The molecule has 0 saturated heterocycles. The highest BCUT2D eigenvalue weighted by atomic mass is 35.5. The largest absolute Gasteiger partial charge is 0.503 e. The summed E-state index contributed by atoms with van der Waals surface area (Å²) in [7, 11) is 0. The van der Waals surface area contributed by atoms with Gasteiger partial charge in [0.2, 0.25) is 0 Å². The number of hydrogen-bond acceptors (Lipinski definition) is 5. The highest BCUT2D eigenvalue weighted by Crippen LogP contribution is 2.41. The summed E-state index contributed by atoms with van der Waals surface area (Å²) in [5.74, 6) is -2.14. The minimum absolute atomic E-state index is 0.0155. The van der Waals surface area contributed by atoms with E-state index >= 15 is 0 Å². The Hall–Kier alpha value is -3.12. The van der Waals surface area contributed by atoms with Crippen LogP contribution in [0.15, 0.2) is 59.9 Å². The van der Waals surface area contributed by atoms with Gasteiger partial charge in [-0.1, -0.05) is 23.7 Å². The zero-order valence-corrected chi connectivity index (χ0v) is 16.1. The number of rotatable bonds is 5. The topological polar surface area (TPSA) is 83.9 Å². The minimum Gasteiger partial charge on any atom is -0.503 e. The maximum absolute atomic E-state index is 12.7. The number of ketones is 1. The smallest absolute Gasteiger partial charge is 0.338 e. The Morgan fingerprint density at radius 2 is 1.71 bits per heavy atom. The molecule has 1 aliphatic rings. The Morgan fingerprint density at radius 1 is 1.11 bits per heavy atom. The number of carbonyl (C=O) groups is 3. The lowest BCUT2D eigenvalue weighted by Gasteiger charge is -2.26. The Morgan fingerprint density at radius 3 is 2.25 bits per heavy atom. The second-order valence-electron chi connectivity index (χ2n) is 6.22. The summed E-state index contributed by atoms with van der Waals surface area (Å²) < 4.78 is 4.96. The molecule has 0 spiro atoms. The van der Waals surface area contributed by atoms with Gasteiger partial charge in [0, 0.05) is 10.7 Å². The van der Waals surface area contributed by atoms with Crippen LogP contribution in [0, 0.1) is 0 Å². The van der Waals surface area contributed by atoms with Crippen LogP contribution in [0.5, 0.6) is 0 Å². The van der Waals surface area contributed by atoms with Crippen molar-refractivity contribution in [1.82, 2.24) is 0 Å². The number of nitrogens with zero attached hydrogens (tertiary/aromatic N) is 1. The van der Waals surface area contributed by atoms with Gasteiger partial charge in [0.25, 0.3) is 5.91 Å². The molecule has 1 unspecified atom stereocenters. The van der Waals surface area contributed by atoms with Crippen molar-refractivity contribution in [2.75, 3.05) is 11.5 Å². The zero-order valence-electron chi connectivity index (χ0n) is 15.3. The summed E-state index contributed by atoms with van der Waals surface area (Å²) in [5, 5.41) is 10.8. The highest BCUT2D eigenvalue weighted by Gasteiger charge is 2.43. The van der Waals surface area contributed by atoms with Gasteiger partial charge in [-0.25, -0.2) is 4.79 Å². The quantitative estimate of drug-likeness (QED) is 0.768. The monoisotopic (exact) mass is 399 g/mol. The maximum atomic E-state index is 12.7. The van der Waals surface area contributed by atoms with Gasteiger partial charge >= 0.3 is 5.97 Å². The van der Waals surface area contributed by atoms with E-state index in [2.05, 4.69) is 0 Å². The molecule has 0 aliphatic carbocycles. The molecule has 0 bridgehead atoms. The molecule has 6 nitrogen and oxygen atoms in total. The van der Waals surface area contributed by atoms with Gasteiger partial charge in [0.1, 0.15) is 0 Å². The molecule has 0 saturated carbocycles. The third-order valence-corrected chi connectivity index (χ3v) is 4.68. The number of aliphatic hydroxyl groups is 1. The third-order valence-electron chi connectivity index (χ3n) is 4.43. The van der Waals surface area contributed by atoms with E-state index in [1.54, 1.807) is 43.3 Å². The van der Waals surface area contributed by atoms with Crippen molar-refractivity contribution in [3.63, 3.8) is 0 Å². The third kappa shape index (κ3) is 3.51. The molecule has 1 amide bonds. The summed E-state index contributed by atoms with van der Waals surface area (Å²) in [6, 6.07) is 12.1. The van der Waals surface area contributed by atoms with Gasteiger partial charge in [-0.3, -0.25) is 14.5 Å². The van der Waals surface area contributed by atoms with Crippen LogP contribution in [0.3, 0.4) is 0 Å². The lowest BCUT2D eigenvalue weighted by molar-refractivity contribution is -0.117. The Kier molecular flexibility index (Phi) is 5.51. The summed E-state index contributed by atoms with van der Waals surface area (Å²) >= 11 is 5.95. The maximum Gasteiger partial charge on any atom is 0.338 e. The molecule has 0 fully saturated rings. The normalized spacial score (nSPS) is 16.5. The van der Waals surface area contributed by atoms with E-state index in [9.17, 15) is 19.5 Å². The van der Waals surface area contributed by atoms with E-state index in [0.29, 0.717) is 21.8 Å². The fourth-order valence-corrected chi connectivity index (χ4v) is 3.29. The van der Waals surface area contributed by atoms with Crippen molar-refractivity contribution < 1.29 is 24.2 Å². The number of amides is 1. The zero-order chi connectivity index (χ0) is 20.4. The van der Waals surface area contributed by atoms with Gasteiger partial charge in [0.05, 0.1) is 23.8 Å². The molecule has 1 atom stereocenters. The molecule has 144 valence electrons. The first-order valence-corrected chi connectivity index (χ1v) is 9.03. The van der Waals surface area contributed by atoms with Gasteiger partial charge < -0.3 is 9.84 Å². The number of benzene rings is 2. The van der Waals surface area contributed by atoms with Gasteiger partial charge in [0.15, 0.2) is 11.5 Å². The van der Waals surface area contributed by atoms with Crippen molar-refractivity contribution in [3.8, 4) is 0 Å². The predicted octanol–water partition coefficient (Wildman–Crippen LogP) is 4.01. The number of aliphatic hydroxyl groups excluding tert-OH is 1. The van der Waals surface area contributed by atoms with Crippen LogP contribution in [0.1, 0.15) is 35.8 Å². The molecule has 7 heteroatoms. The second-order valence-corrected chi connectivity index (χ2v) is 6.65. The van der Waals surface area contributed by atoms with E-state index in [1.807, 2.05) is 0 Å². The number of carbonyl (C=O) groups excluding carboxylic acids is 3.